The maximum absolute atomic E-state index is 4.46. The Balaban J connectivity index is 0.000000980. The summed E-state index contributed by atoms with van der Waals surface area (Å²) in [5.74, 6) is 1.35. The smallest absolute Gasteiger partial charge is 0.439 e. The van der Waals surface area contributed by atoms with Crippen molar-refractivity contribution in [2.75, 3.05) is 0 Å². The topological polar surface area (TPSA) is 27.0 Å². The molecule has 3 heteroatoms. The van der Waals surface area contributed by atoms with Gasteiger partial charge in [-0.15, -0.1) is 0 Å². The van der Waals surface area contributed by atoms with E-state index in [2.05, 4.69) is 42.9 Å². The Hall–Kier alpha value is 0.495. The van der Waals surface area contributed by atoms with Gasteiger partial charge in [0.1, 0.15) is 0 Å². The summed E-state index contributed by atoms with van der Waals surface area (Å²) in [5, 5.41) is 0. The number of aryl methyl sites for hydroxylation is 1. The van der Waals surface area contributed by atoms with Crippen LogP contribution in [0.1, 0.15) is 31.2 Å². The van der Waals surface area contributed by atoms with Crippen LogP contribution < -0.4 is 63.2 Å². The van der Waals surface area contributed by atoms with Crippen molar-refractivity contribution in [2.24, 2.45) is 0 Å². The van der Waals surface area contributed by atoms with Crippen LogP contribution in [0.25, 0.3) is 11.0 Å². The molecule has 0 aliphatic heterocycles. The third-order valence-electron chi connectivity index (χ3n) is 2.12. The summed E-state index contributed by atoms with van der Waals surface area (Å²) in [6.45, 7) is 6.30. The Kier molecular flexibility index (Phi) is 4.50. The summed E-state index contributed by atoms with van der Waals surface area (Å²) in [5.41, 5.74) is 3.26. The van der Waals surface area contributed by atoms with Gasteiger partial charge in [-0.25, -0.2) is 0 Å². The fourth-order valence-electron chi connectivity index (χ4n) is 1.35. The molecule has 2 rings (SSSR count). The Labute approximate surface area is 133 Å². The van der Waals surface area contributed by atoms with Gasteiger partial charge in [0.15, 0.2) is 0 Å². The molecule has 68 valence electrons. The average Bonchev–Trinajstić information content (AvgIpc) is 2.46. The molecule has 0 atom stereocenters. The van der Waals surface area contributed by atoms with Gasteiger partial charge in [0.05, 0.1) is 0 Å². The van der Waals surface area contributed by atoms with Gasteiger partial charge in [-0.2, -0.15) is 0 Å². The molecule has 0 bridgehead atoms. The van der Waals surface area contributed by atoms with Crippen molar-refractivity contribution < 1.29 is 58.2 Å². The zero-order valence-corrected chi connectivity index (χ0v) is 14.1. The van der Waals surface area contributed by atoms with Gasteiger partial charge in [-0.05, 0) is 23.9 Å². The van der Waals surface area contributed by atoms with E-state index in [0.29, 0.717) is 5.92 Å². The number of rotatable bonds is 1. The van der Waals surface area contributed by atoms with Crippen LogP contribution in [0.4, 0.5) is 0 Å². The van der Waals surface area contributed by atoms with E-state index in [-0.39, 0.29) is 58.2 Å². The number of aromatic nitrogens is 2. The molecule has 1 aromatic heterocycles. The second kappa shape index (κ2) is 5.02. The van der Waals surface area contributed by atoms with Crippen molar-refractivity contribution in [3.8, 4) is 0 Å². The molecule has 0 aliphatic rings. The molecule has 1 heterocycles. The quantitative estimate of drug-likeness (QED) is 0.698. The van der Waals surface area contributed by atoms with Gasteiger partial charge in [-0.1, -0.05) is 43.4 Å². The van der Waals surface area contributed by atoms with E-state index < -0.39 is 0 Å². The molecule has 0 N–H and O–H groups in total. The van der Waals surface area contributed by atoms with Crippen molar-refractivity contribution in [1.29, 1.82) is 0 Å². The first kappa shape index (κ1) is 12.6. The summed E-state index contributed by atoms with van der Waals surface area (Å²) in [6, 6.07) is 6.18. The van der Waals surface area contributed by atoms with Crippen LogP contribution in [0, 0.1) is 6.92 Å². The molecular weight excluding hydrogens is 246 g/mol. The molecule has 2 nitrogen and oxygen atoms in total. The van der Waals surface area contributed by atoms with Gasteiger partial charge in [0, 0.05) is 0 Å². The SMILES string of the molecule is Cc1ccc2[n-]c(C(C)C)nc2c1.[Rb+]. The molecule has 0 saturated carbocycles. The third-order valence-corrected chi connectivity index (χ3v) is 2.12. The monoisotopic (exact) mass is 258 g/mol. The van der Waals surface area contributed by atoms with Crippen molar-refractivity contribution in [3.05, 3.63) is 29.6 Å². The maximum atomic E-state index is 4.46. The van der Waals surface area contributed by atoms with E-state index in [1.165, 1.54) is 5.56 Å². The standard InChI is InChI=1S/C11H13N2.Rb/c1-7(2)11-12-9-5-4-8(3)6-10(9)13-11;/h4-7H,1-3H3;/q-1;+1. The number of hydrogen-bond donors (Lipinski definition) is 0. The van der Waals surface area contributed by atoms with Crippen molar-refractivity contribution in [1.82, 2.24) is 9.97 Å². The summed E-state index contributed by atoms with van der Waals surface area (Å²) in [7, 11) is 0. The van der Waals surface area contributed by atoms with E-state index in [0.717, 1.165) is 16.9 Å². The van der Waals surface area contributed by atoms with Gasteiger partial charge in [0.25, 0.3) is 0 Å². The van der Waals surface area contributed by atoms with E-state index in [1.807, 2.05) is 6.07 Å². The zero-order chi connectivity index (χ0) is 9.42. The Morgan fingerprint density at radius 2 is 2.00 bits per heavy atom. The minimum atomic E-state index is 0. The molecule has 0 saturated heterocycles. The minimum absolute atomic E-state index is 0. The minimum Gasteiger partial charge on any atom is -0.439 e. The fourth-order valence-corrected chi connectivity index (χ4v) is 1.35. The van der Waals surface area contributed by atoms with E-state index >= 15 is 0 Å². The number of imidazole rings is 1. The molecule has 0 aliphatic carbocycles. The molecule has 0 spiro atoms. The van der Waals surface area contributed by atoms with Crippen LogP contribution in [-0.4, -0.2) is 4.98 Å². The van der Waals surface area contributed by atoms with Crippen molar-refractivity contribution in [2.45, 2.75) is 26.7 Å². The summed E-state index contributed by atoms with van der Waals surface area (Å²) in [4.78, 5) is 8.90. The van der Waals surface area contributed by atoms with Crippen LogP contribution in [0.15, 0.2) is 18.2 Å². The van der Waals surface area contributed by atoms with Crippen LogP contribution in [0.3, 0.4) is 0 Å². The van der Waals surface area contributed by atoms with Gasteiger partial charge in [-0.3, -0.25) is 0 Å². The molecule has 0 radical (unpaired) electrons. The second-order valence-corrected chi connectivity index (χ2v) is 3.73. The van der Waals surface area contributed by atoms with Gasteiger partial charge < -0.3 is 9.97 Å². The summed E-state index contributed by atoms with van der Waals surface area (Å²) < 4.78 is 0. The largest absolute Gasteiger partial charge is 1.00 e. The molecule has 0 amide bonds. The zero-order valence-electron chi connectivity index (χ0n) is 9.20. The Morgan fingerprint density at radius 1 is 1.29 bits per heavy atom. The van der Waals surface area contributed by atoms with E-state index in [9.17, 15) is 0 Å². The normalized spacial score (nSPS) is 10.6. The van der Waals surface area contributed by atoms with E-state index in [4.69, 9.17) is 0 Å². The molecule has 1 aromatic carbocycles. The number of benzene rings is 1. The Morgan fingerprint density at radius 3 is 2.64 bits per heavy atom. The first-order valence-electron chi connectivity index (χ1n) is 4.58. The predicted octanol–water partition coefficient (Wildman–Crippen LogP) is -0.372. The first-order chi connectivity index (χ1) is 6.16. The molecule has 0 fully saturated rings. The number of hydrogen-bond acceptors (Lipinski definition) is 1. The van der Waals surface area contributed by atoms with Crippen LogP contribution in [0.2, 0.25) is 0 Å². The summed E-state index contributed by atoms with van der Waals surface area (Å²) in [6.07, 6.45) is 0. The first-order valence-corrected chi connectivity index (χ1v) is 4.58. The molecule has 14 heavy (non-hydrogen) atoms. The molecule has 2 aromatic rings. The Bertz CT molecular complexity index is 432. The van der Waals surface area contributed by atoms with Crippen LogP contribution >= 0.6 is 0 Å². The van der Waals surface area contributed by atoms with E-state index in [1.54, 1.807) is 0 Å². The predicted molar refractivity (Wildman–Crippen MR) is 53.9 cm³/mol. The molecular formula is C11H13N2Rb. The molecule has 0 unspecified atom stereocenters. The van der Waals surface area contributed by atoms with Crippen LogP contribution in [0.5, 0.6) is 0 Å². The van der Waals surface area contributed by atoms with Gasteiger partial charge in [0.2, 0.25) is 0 Å². The second-order valence-electron chi connectivity index (χ2n) is 3.73. The number of fused-ring (bicyclic) bond motifs is 1. The van der Waals surface area contributed by atoms with Crippen LogP contribution in [-0.2, 0) is 0 Å². The van der Waals surface area contributed by atoms with Crippen molar-refractivity contribution >= 4 is 11.0 Å². The third kappa shape index (κ3) is 2.54. The maximum Gasteiger partial charge on any atom is 1.00 e. The number of nitrogens with zero attached hydrogens (tertiary/aromatic N) is 2. The van der Waals surface area contributed by atoms with Gasteiger partial charge >= 0.3 is 58.2 Å². The van der Waals surface area contributed by atoms with Crippen molar-refractivity contribution in [3.63, 3.8) is 0 Å². The average molecular weight is 259 g/mol. The fraction of sp³-hybridized carbons (Fsp3) is 0.364. The summed E-state index contributed by atoms with van der Waals surface area (Å²) >= 11 is 0.